The van der Waals surface area contributed by atoms with Crippen molar-refractivity contribution in [1.29, 1.82) is 0 Å². The molecule has 5 rings (SSSR count). The third-order valence-electron chi connectivity index (χ3n) is 5.04. The lowest BCUT2D eigenvalue weighted by Crippen LogP contribution is -2.28. The number of hydrogen-bond donors (Lipinski definition) is 1. The van der Waals surface area contributed by atoms with Crippen molar-refractivity contribution < 1.29 is 18.8 Å². The molecule has 4 aromatic rings. The molecule has 0 saturated carbocycles. The van der Waals surface area contributed by atoms with Crippen LogP contribution in [0, 0.1) is 0 Å². The highest BCUT2D eigenvalue weighted by atomic mass is 32.1. The molecule has 1 N–H and O–H groups in total. The first-order valence-corrected chi connectivity index (χ1v) is 10.6. The number of aromatic nitrogens is 2. The molecule has 0 bridgehead atoms. The second-order valence-electron chi connectivity index (χ2n) is 7.10. The van der Waals surface area contributed by atoms with Crippen molar-refractivity contribution in [1.82, 2.24) is 20.2 Å². The van der Waals surface area contributed by atoms with Gasteiger partial charge in [0.1, 0.15) is 10.8 Å². The highest BCUT2D eigenvalue weighted by Crippen LogP contribution is 2.26. The molecule has 0 saturated heterocycles. The van der Waals surface area contributed by atoms with E-state index in [1.54, 1.807) is 30.6 Å². The molecule has 3 aromatic heterocycles. The Morgan fingerprint density at radius 3 is 2.66 bits per heavy atom. The number of thiazole rings is 1. The van der Waals surface area contributed by atoms with Gasteiger partial charge in [0.25, 0.3) is 17.7 Å². The minimum Gasteiger partial charge on any atom is -0.467 e. The Labute approximate surface area is 186 Å². The Morgan fingerprint density at radius 1 is 1.06 bits per heavy atom. The summed E-state index contributed by atoms with van der Waals surface area (Å²) in [6, 6.07) is 11.6. The predicted octanol–water partition coefficient (Wildman–Crippen LogP) is 3.52. The number of rotatable bonds is 6. The minimum absolute atomic E-state index is 0.0461. The van der Waals surface area contributed by atoms with Gasteiger partial charge in [-0.15, -0.1) is 11.3 Å². The van der Waals surface area contributed by atoms with Gasteiger partial charge in [-0.25, -0.2) is 4.98 Å². The first-order chi connectivity index (χ1) is 15.6. The fraction of sp³-hybridized carbons (Fsp3) is 0.0870. The summed E-state index contributed by atoms with van der Waals surface area (Å²) in [5, 5.41) is 5.54. The van der Waals surface area contributed by atoms with Crippen LogP contribution >= 0.6 is 11.3 Å². The van der Waals surface area contributed by atoms with Crippen LogP contribution in [0.2, 0.25) is 0 Å². The molecule has 4 heterocycles. The molecule has 32 heavy (non-hydrogen) atoms. The van der Waals surface area contributed by atoms with E-state index in [1.165, 1.54) is 29.7 Å². The van der Waals surface area contributed by atoms with Crippen molar-refractivity contribution in [3.8, 4) is 10.6 Å². The number of fused-ring (bicyclic) bond motifs is 1. The quantitative estimate of drug-likeness (QED) is 0.456. The van der Waals surface area contributed by atoms with E-state index < -0.39 is 11.8 Å². The normalized spacial score (nSPS) is 12.8. The summed E-state index contributed by atoms with van der Waals surface area (Å²) < 4.78 is 5.24. The summed E-state index contributed by atoms with van der Waals surface area (Å²) in [6.07, 6.45) is 4.89. The van der Waals surface area contributed by atoms with Gasteiger partial charge in [0.15, 0.2) is 0 Å². The third-order valence-corrected chi connectivity index (χ3v) is 5.98. The number of imide groups is 1. The SMILES string of the molecule is O=C(NCc1csc(-c2ccncc2)n1)c1ccc2c(c1)C(=O)N(Cc1ccco1)C2=O. The molecule has 0 aliphatic carbocycles. The average Bonchev–Trinajstić information content (AvgIpc) is 3.56. The second kappa shape index (κ2) is 8.20. The summed E-state index contributed by atoms with van der Waals surface area (Å²) in [7, 11) is 0. The molecule has 158 valence electrons. The monoisotopic (exact) mass is 444 g/mol. The molecule has 1 aliphatic rings. The van der Waals surface area contributed by atoms with E-state index in [9.17, 15) is 14.4 Å². The fourth-order valence-electron chi connectivity index (χ4n) is 3.42. The molecule has 9 heteroatoms. The zero-order chi connectivity index (χ0) is 22.1. The number of furan rings is 1. The summed E-state index contributed by atoms with van der Waals surface area (Å²) in [4.78, 5) is 47.6. The van der Waals surface area contributed by atoms with Gasteiger partial charge in [0.2, 0.25) is 0 Å². The lowest BCUT2D eigenvalue weighted by molar-refractivity contribution is 0.0631. The molecule has 0 unspecified atom stereocenters. The molecule has 0 fully saturated rings. The number of nitrogens with zero attached hydrogens (tertiary/aromatic N) is 3. The van der Waals surface area contributed by atoms with Gasteiger partial charge in [-0.1, -0.05) is 0 Å². The molecule has 0 atom stereocenters. The van der Waals surface area contributed by atoms with E-state index >= 15 is 0 Å². The Bertz CT molecular complexity index is 1320. The molecule has 3 amide bonds. The van der Waals surface area contributed by atoms with Gasteiger partial charge in [-0.05, 0) is 42.5 Å². The van der Waals surface area contributed by atoms with Crippen LogP contribution in [0.4, 0.5) is 0 Å². The van der Waals surface area contributed by atoms with E-state index in [0.29, 0.717) is 11.3 Å². The standard InChI is InChI=1S/C23H16N4O4S/c28-20(25-11-16-13-32-21(26-16)14-5-7-24-8-6-14)15-3-4-18-19(10-15)23(30)27(22(18)29)12-17-2-1-9-31-17/h1-10,13H,11-12H2,(H,25,28). The lowest BCUT2D eigenvalue weighted by Gasteiger charge is -2.11. The first kappa shape index (κ1) is 19.8. The summed E-state index contributed by atoms with van der Waals surface area (Å²) >= 11 is 1.48. The molecule has 0 spiro atoms. The van der Waals surface area contributed by atoms with Crippen molar-refractivity contribution in [3.05, 3.63) is 94.6 Å². The van der Waals surface area contributed by atoms with Crippen LogP contribution in [-0.2, 0) is 13.1 Å². The lowest BCUT2D eigenvalue weighted by atomic mass is 10.1. The van der Waals surface area contributed by atoms with Crippen LogP contribution in [0.1, 0.15) is 42.5 Å². The zero-order valence-corrected chi connectivity index (χ0v) is 17.5. The highest BCUT2D eigenvalue weighted by Gasteiger charge is 2.36. The molecular formula is C23H16N4O4S. The van der Waals surface area contributed by atoms with Crippen LogP contribution in [0.25, 0.3) is 10.6 Å². The van der Waals surface area contributed by atoms with Crippen molar-refractivity contribution in [3.63, 3.8) is 0 Å². The van der Waals surface area contributed by atoms with Gasteiger partial charge >= 0.3 is 0 Å². The summed E-state index contributed by atoms with van der Waals surface area (Å²) in [5.74, 6) is -0.695. The van der Waals surface area contributed by atoms with Crippen molar-refractivity contribution in [2.75, 3.05) is 0 Å². The summed E-state index contributed by atoms with van der Waals surface area (Å²) in [5.41, 5.74) is 2.48. The van der Waals surface area contributed by atoms with Gasteiger partial charge < -0.3 is 9.73 Å². The number of amides is 3. The number of benzene rings is 1. The molecule has 1 aromatic carbocycles. The highest BCUT2D eigenvalue weighted by molar-refractivity contribution is 7.13. The van der Waals surface area contributed by atoms with E-state index in [4.69, 9.17) is 4.42 Å². The van der Waals surface area contributed by atoms with Crippen LogP contribution in [-0.4, -0.2) is 32.6 Å². The third kappa shape index (κ3) is 3.69. The van der Waals surface area contributed by atoms with Crippen LogP contribution in [0.3, 0.4) is 0 Å². The number of hydrogen-bond acceptors (Lipinski definition) is 7. The predicted molar refractivity (Wildman–Crippen MR) is 116 cm³/mol. The zero-order valence-electron chi connectivity index (χ0n) is 16.6. The van der Waals surface area contributed by atoms with E-state index in [0.717, 1.165) is 21.2 Å². The van der Waals surface area contributed by atoms with Crippen LogP contribution in [0.15, 0.2) is 70.9 Å². The van der Waals surface area contributed by atoms with Crippen LogP contribution in [0.5, 0.6) is 0 Å². The Kier molecular flexibility index (Phi) is 5.08. The smallest absolute Gasteiger partial charge is 0.261 e. The molecular weight excluding hydrogens is 428 g/mol. The maximum atomic E-state index is 12.7. The number of carbonyl (C=O) groups excluding carboxylic acids is 3. The molecule has 0 radical (unpaired) electrons. The Hall–Kier alpha value is -4.11. The Morgan fingerprint density at radius 2 is 1.88 bits per heavy atom. The van der Waals surface area contributed by atoms with E-state index in [2.05, 4.69) is 15.3 Å². The maximum absolute atomic E-state index is 12.7. The average molecular weight is 444 g/mol. The fourth-order valence-corrected chi connectivity index (χ4v) is 4.25. The van der Waals surface area contributed by atoms with Crippen molar-refractivity contribution >= 4 is 29.1 Å². The van der Waals surface area contributed by atoms with E-state index in [-0.39, 0.29) is 30.1 Å². The van der Waals surface area contributed by atoms with Gasteiger partial charge in [0, 0.05) is 28.9 Å². The van der Waals surface area contributed by atoms with Gasteiger partial charge in [0.05, 0.1) is 36.2 Å². The maximum Gasteiger partial charge on any atom is 0.261 e. The van der Waals surface area contributed by atoms with Crippen LogP contribution < -0.4 is 5.32 Å². The van der Waals surface area contributed by atoms with Crippen molar-refractivity contribution in [2.24, 2.45) is 0 Å². The minimum atomic E-state index is -0.447. The second-order valence-corrected chi connectivity index (χ2v) is 7.96. The molecule has 1 aliphatic heterocycles. The van der Waals surface area contributed by atoms with E-state index in [1.807, 2.05) is 17.5 Å². The first-order valence-electron chi connectivity index (χ1n) is 9.76. The number of pyridine rings is 1. The Balaban J connectivity index is 1.27. The van der Waals surface area contributed by atoms with Gasteiger partial charge in [-0.3, -0.25) is 24.3 Å². The summed E-state index contributed by atoms with van der Waals surface area (Å²) in [6.45, 7) is 0.291. The van der Waals surface area contributed by atoms with Gasteiger partial charge in [-0.2, -0.15) is 0 Å². The number of nitrogens with one attached hydrogen (secondary N) is 1. The topological polar surface area (TPSA) is 105 Å². The molecule has 8 nitrogen and oxygen atoms in total. The van der Waals surface area contributed by atoms with Crippen molar-refractivity contribution in [2.45, 2.75) is 13.1 Å². The largest absolute Gasteiger partial charge is 0.467 e. The number of carbonyl (C=O) groups is 3.